The zero-order valence-corrected chi connectivity index (χ0v) is 9.72. The van der Waals surface area contributed by atoms with Crippen molar-refractivity contribution < 1.29 is 9.35 Å². The number of hydrogen-bond donors (Lipinski definition) is 1. The van der Waals surface area contributed by atoms with Crippen LogP contribution in [0, 0.1) is 0 Å². The molecule has 0 saturated carbocycles. The maximum Gasteiger partial charge on any atom is 0.153 e. The minimum atomic E-state index is -1.36. The molecule has 0 radical (unpaired) electrons. The first-order valence-electron chi connectivity index (χ1n) is 4.16. The summed E-state index contributed by atoms with van der Waals surface area (Å²) in [4.78, 5) is 10.5. The highest BCUT2D eigenvalue weighted by Gasteiger charge is 2.25. The molecule has 1 atom stereocenters. The van der Waals surface area contributed by atoms with Gasteiger partial charge in [-0.3, -0.25) is 4.79 Å². The SMILES string of the molecule is CC(N)=C(C=O)C=N[S+]([O-])C(C)(C)C. The summed E-state index contributed by atoms with van der Waals surface area (Å²) in [7, 11) is 0. The maximum atomic E-state index is 11.4. The van der Waals surface area contributed by atoms with Crippen LogP contribution >= 0.6 is 0 Å². The van der Waals surface area contributed by atoms with Crippen LogP contribution < -0.4 is 5.73 Å². The Morgan fingerprint density at radius 2 is 2.00 bits per heavy atom. The molecular formula is C9H16N2O2S. The first-order valence-corrected chi connectivity index (χ1v) is 5.27. The van der Waals surface area contributed by atoms with Gasteiger partial charge < -0.3 is 10.3 Å². The van der Waals surface area contributed by atoms with Gasteiger partial charge in [0.2, 0.25) is 0 Å². The fraction of sp³-hybridized carbons (Fsp3) is 0.556. The van der Waals surface area contributed by atoms with E-state index in [0.29, 0.717) is 12.0 Å². The second-order valence-electron chi connectivity index (χ2n) is 3.85. The summed E-state index contributed by atoms with van der Waals surface area (Å²) in [6, 6.07) is 0. The average Bonchev–Trinajstić information content (AvgIpc) is 2.02. The molecular weight excluding hydrogens is 200 g/mol. The Bertz CT molecular complexity index is 262. The van der Waals surface area contributed by atoms with Gasteiger partial charge in [0.25, 0.3) is 0 Å². The summed E-state index contributed by atoms with van der Waals surface area (Å²) < 4.78 is 14.8. The van der Waals surface area contributed by atoms with Crippen molar-refractivity contribution in [1.82, 2.24) is 0 Å². The molecule has 0 aromatic carbocycles. The lowest BCUT2D eigenvalue weighted by Gasteiger charge is -2.17. The molecule has 0 spiro atoms. The van der Waals surface area contributed by atoms with Gasteiger partial charge in [0.15, 0.2) is 6.29 Å². The summed E-state index contributed by atoms with van der Waals surface area (Å²) in [6.07, 6.45) is 1.85. The molecule has 0 saturated heterocycles. The molecule has 0 aromatic heterocycles. The Balaban J connectivity index is 4.60. The topological polar surface area (TPSA) is 78.5 Å². The molecule has 0 aromatic rings. The van der Waals surface area contributed by atoms with Gasteiger partial charge in [-0.25, -0.2) is 0 Å². The standard InChI is InChI=1S/C9H16N2O2S/c1-7(10)8(6-12)5-11-14(13)9(2,3)4/h5-6H,10H2,1-4H3. The second-order valence-corrected chi connectivity index (χ2v) is 5.79. The largest absolute Gasteiger partial charge is 0.591 e. The average molecular weight is 216 g/mol. The number of carbonyl (C=O) groups is 1. The van der Waals surface area contributed by atoms with Crippen molar-refractivity contribution >= 4 is 23.9 Å². The van der Waals surface area contributed by atoms with Crippen LogP contribution in [0.1, 0.15) is 27.7 Å². The van der Waals surface area contributed by atoms with Crippen LogP contribution in [0.3, 0.4) is 0 Å². The molecule has 80 valence electrons. The van der Waals surface area contributed by atoms with Crippen LogP contribution in [-0.4, -0.2) is 21.8 Å². The van der Waals surface area contributed by atoms with Crippen molar-refractivity contribution in [1.29, 1.82) is 0 Å². The molecule has 0 aliphatic rings. The van der Waals surface area contributed by atoms with Crippen molar-refractivity contribution in [2.45, 2.75) is 32.4 Å². The molecule has 0 aliphatic heterocycles. The van der Waals surface area contributed by atoms with Gasteiger partial charge in [-0.2, -0.15) is 0 Å². The first-order chi connectivity index (χ1) is 6.29. The van der Waals surface area contributed by atoms with Gasteiger partial charge in [-0.1, -0.05) is 4.40 Å². The number of nitrogens with zero attached hydrogens (tertiary/aromatic N) is 1. The van der Waals surface area contributed by atoms with E-state index >= 15 is 0 Å². The van der Waals surface area contributed by atoms with E-state index in [1.54, 1.807) is 27.7 Å². The fourth-order valence-electron chi connectivity index (χ4n) is 0.488. The minimum absolute atomic E-state index is 0.266. The molecule has 2 N–H and O–H groups in total. The van der Waals surface area contributed by atoms with Crippen molar-refractivity contribution in [3.05, 3.63) is 11.3 Å². The first kappa shape index (κ1) is 13.2. The van der Waals surface area contributed by atoms with E-state index in [9.17, 15) is 9.35 Å². The zero-order valence-electron chi connectivity index (χ0n) is 8.90. The summed E-state index contributed by atoms with van der Waals surface area (Å²) in [5, 5.41) is 0. The minimum Gasteiger partial charge on any atom is -0.591 e. The number of rotatable bonds is 3. The van der Waals surface area contributed by atoms with Crippen LogP contribution in [0.5, 0.6) is 0 Å². The molecule has 0 amide bonds. The predicted octanol–water partition coefficient (Wildman–Crippen LogP) is 0.951. The third-order valence-electron chi connectivity index (χ3n) is 1.39. The van der Waals surface area contributed by atoms with Crippen molar-refractivity contribution in [3.63, 3.8) is 0 Å². The van der Waals surface area contributed by atoms with Gasteiger partial charge in [-0.05, 0) is 27.7 Å². The van der Waals surface area contributed by atoms with Gasteiger partial charge in [0, 0.05) is 5.70 Å². The van der Waals surface area contributed by atoms with E-state index in [0.717, 1.165) is 0 Å². The number of hydrogen-bond acceptors (Lipinski definition) is 4. The molecule has 1 unspecified atom stereocenters. The lowest BCUT2D eigenvalue weighted by molar-refractivity contribution is -0.104. The summed E-state index contributed by atoms with van der Waals surface area (Å²) in [6.45, 7) is 7.01. The number of aldehydes is 1. The van der Waals surface area contributed by atoms with Crippen LogP contribution in [0.25, 0.3) is 0 Å². The zero-order chi connectivity index (χ0) is 11.4. The normalized spacial score (nSPS) is 16.6. The number of allylic oxidation sites excluding steroid dienone is 2. The maximum absolute atomic E-state index is 11.4. The lowest BCUT2D eigenvalue weighted by atomic mass is 10.3. The lowest BCUT2D eigenvalue weighted by Crippen LogP contribution is -2.26. The van der Waals surface area contributed by atoms with E-state index in [2.05, 4.69) is 4.40 Å². The molecule has 0 aliphatic carbocycles. The van der Waals surface area contributed by atoms with Gasteiger partial charge in [0.05, 0.1) is 11.8 Å². The molecule has 0 fully saturated rings. The van der Waals surface area contributed by atoms with Crippen LogP contribution in [-0.2, 0) is 16.2 Å². The van der Waals surface area contributed by atoms with Gasteiger partial charge in [-0.15, -0.1) is 0 Å². The summed E-state index contributed by atoms with van der Waals surface area (Å²) >= 11 is -1.36. The second kappa shape index (κ2) is 5.17. The number of carbonyl (C=O) groups excluding carboxylic acids is 1. The van der Waals surface area contributed by atoms with Gasteiger partial charge >= 0.3 is 0 Å². The van der Waals surface area contributed by atoms with E-state index < -0.39 is 16.1 Å². The van der Waals surface area contributed by atoms with Gasteiger partial charge in [0.1, 0.15) is 16.1 Å². The molecule has 0 heterocycles. The number of nitrogens with two attached hydrogens (primary N) is 1. The molecule has 4 nitrogen and oxygen atoms in total. The Kier molecular flexibility index (Phi) is 4.87. The quantitative estimate of drug-likeness (QED) is 0.330. The Hall–Kier alpha value is -0.810. The summed E-state index contributed by atoms with van der Waals surface area (Å²) in [5.41, 5.74) is 6.04. The third kappa shape index (κ3) is 4.43. The van der Waals surface area contributed by atoms with Crippen LogP contribution in [0.15, 0.2) is 15.7 Å². The predicted molar refractivity (Wildman–Crippen MR) is 59.3 cm³/mol. The van der Waals surface area contributed by atoms with E-state index in [4.69, 9.17) is 5.73 Å². The van der Waals surface area contributed by atoms with Crippen LogP contribution in [0.2, 0.25) is 0 Å². The fourth-order valence-corrected chi connectivity index (χ4v) is 1.01. The van der Waals surface area contributed by atoms with Crippen molar-refractivity contribution in [2.24, 2.45) is 10.1 Å². The molecule has 5 heteroatoms. The smallest absolute Gasteiger partial charge is 0.153 e. The Labute approximate surface area is 87.6 Å². The Morgan fingerprint density at radius 1 is 1.50 bits per heavy atom. The third-order valence-corrected chi connectivity index (χ3v) is 2.74. The highest BCUT2D eigenvalue weighted by Crippen LogP contribution is 2.16. The monoisotopic (exact) mass is 216 g/mol. The Morgan fingerprint density at radius 3 is 2.29 bits per heavy atom. The highest BCUT2D eigenvalue weighted by molar-refractivity contribution is 7.91. The molecule has 14 heavy (non-hydrogen) atoms. The van der Waals surface area contributed by atoms with E-state index in [1.165, 1.54) is 6.21 Å². The van der Waals surface area contributed by atoms with E-state index in [1.807, 2.05) is 0 Å². The van der Waals surface area contributed by atoms with Crippen molar-refractivity contribution in [3.8, 4) is 0 Å². The molecule has 0 rings (SSSR count). The van der Waals surface area contributed by atoms with E-state index in [-0.39, 0.29) is 5.57 Å². The van der Waals surface area contributed by atoms with Crippen molar-refractivity contribution in [2.75, 3.05) is 0 Å². The molecule has 0 bridgehead atoms. The summed E-state index contributed by atoms with van der Waals surface area (Å²) in [5.74, 6) is 0. The van der Waals surface area contributed by atoms with Crippen LogP contribution in [0.4, 0.5) is 0 Å². The highest BCUT2D eigenvalue weighted by atomic mass is 32.2.